The Labute approximate surface area is 105 Å². The second-order valence-electron chi connectivity index (χ2n) is 2.57. The van der Waals surface area contributed by atoms with Gasteiger partial charge < -0.3 is 4.74 Å². The molecule has 0 unspecified atom stereocenters. The van der Waals surface area contributed by atoms with Crippen molar-refractivity contribution in [3.8, 4) is 5.75 Å². The van der Waals surface area contributed by atoms with Crippen LogP contribution in [0.25, 0.3) is 10.4 Å². The number of ether oxygens (including phenoxy) is 1. The van der Waals surface area contributed by atoms with Gasteiger partial charge in [0.05, 0.1) is 11.6 Å². The topological polar surface area (TPSA) is 92.1 Å². The molecule has 0 heterocycles. The molecule has 0 saturated heterocycles. The molecule has 0 radical (unpaired) electrons. The number of azide groups is 1. The summed E-state index contributed by atoms with van der Waals surface area (Å²) in [5, 5.41) is 0.180. The molecule has 0 atom stereocenters. The average Bonchev–Trinajstić information content (AvgIpc) is 2.16. The minimum atomic E-state index is -4.13. The first-order valence-corrected chi connectivity index (χ1v) is 6.38. The average molecular weight is 327 g/mol. The van der Waals surface area contributed by atoms with E-state index in [4.69, 9.17) is 21.9 Å². The highest BCUT2D eigenvalue weighted by Crippen LogP contribution is 2.36. The first-order chi connectivity index (χ1) is 7.42. The van der Waals surface area contributed by atoms with Gasteiger partial charge in [0.2, 0.25) is 0 Å². The standard InChI is InChI=1S/C7H5BrClN3O3S/c1-15-7-5(8)2-4(9)3-6(7)16(13,14)12-11-10/h2-3H,1H3. The third-order valence-corrected chi connectivity index (χ3v) is 3.55. The van der Waals surface area contributed by atoms with Crippen molar-refractivity contribution in [2.75, 3.05) is 7.11 Å². The Bertz CT molecular complexity index is 568. The van der Waals surface area contributed by atoms with Crippen LogP contribution < -0.4 is 4.74 Å². The van der Waals surface area contributed by atoms with E-state index in [0.29, 0.717) is 4.47 Å². The molecule has 0 bridgehead atoms. The lowest BCUT2D eigenvalue weighted by molar-refractivity contribution is 0.400. The smallest absolute Gasteiger partial charge is 0.268 e. The SMILES string of the molecule is COc1c(Br)cc(Cl)cc1S(=O)(=O)N=[N+]=[N-]. The zero-order valence-electron chi connectivity index (χ0n) is 7.89. The summed E-state index contributed by atoms with van der Waals surface area (Å²) in [6.07, 6.45) is 0. The Morgan fingerprint density at radius 3 is 2.69 bits per heavy atom. The van der Waals surface area contributed by atoms with Gasteiger partial charge in [-0.3, -0.25) is 0 Å². The van der Waals surface area contributed by atoms with Gasteiger partial charge in [0, 0.05) is 14.5 Å². The van der Waals surface area contributed by atoms with E-state index in [1.165, 1.54) is 13.2 Å². The van der Waals surface area contributed by atoms with Crippen molar-refractivity contribution in [1.29, 1.82) is 0 Å². The summed E-state index contributed by atoms with van der Waals surface area (Å²) in [7, 11) is -2.83. The fourth-order valence-electron chi connectivity index (χ4n) is 1.02. The Balaban J connectivity index is 3.61. The molecule has 0 aliphatic carbocycles. The highest BCUT2D eigenvalue weighted by atomic mass is 79.9. The van der Waals surface area contributed by atoms with Crippen molar-refractivity contribution in [1.82, 2.24) is 0 Å². The zero-order chi connectivity index (χ0) is 12.3. The van der Waals surface area contributed by atoms with Gasteiger partial charge in [0.15, 0.2) is 5.75 Å². The first-order valence-electron chi connectivity index (χ1n) is 3.77. The number of rotatable bonds is 3. The molecule has 0 aromatic heterocycles. The van der Waals surface area contributed by atoms with Crippen LogP contribution in [-0.4, -0.2) is 15.5 Å². The third-order valence-electron chi connectivity index (χ3n) is 1.60. The summed E-state index contributed by atoms with van der Waals surface area (Å²) in [6.45, 7) is 0. The molecule has 0 amide bonds. The van der Waals surface area contributed by atoms with Crippen LogP contribution in [0.2, 0.25) is 5.02 Å². The highest BCUT2D eigenvalue weighted by Gasteiger charge is 2.21. The number of benzene rings is 1. The van der Waals surface area contributed by atoms with Crippen molar-refractivity contribution in [3.63, 3.8) is 0 Å². The molecule has 0 spiro atoms. The Kier molecular flexibility index (Phi) is 4.03. The molecule has 1 aromatic rings. The van der Waals surface area contributed by atoms with Crippen LogP contribution in [0.4, 0.5) is 0 Å². The quantitative estimate of drug-likeness (QED) is 0.485. The molecule has 6 nitrogen and oxygen atoms in total. The van der Waals surface area contributed by atoms with Crippen molar-refractivity contribution < 1.29 is 13.2 Å². The summed E-state index contributed by atoms with van der Waals surface area (Å²) in [5.41, 5.74) is 8.16. The summed E-state index contributed by atoms with van der Waals surface area (Å²) < 4.78 is 31.0. The minimum absolute atomic E-state index is 0.0387. The van der Waals surface area contributed by atoms with Crippen LogP contribution >= 0.6 is 27.5 Å². The van der Waals surface area contributed by atoms with Crippen LogP contribution in [0.1, 0.15) is 0 Å². The summed E-state index contributed by atoms with van der Waals surface area (Å²) >= 11 is 8.79. The van der Waals surface area contributed by atoms with Crippen LogP contribution in [0.5, 0.6) is 5.75 Å². The molecular formula is C7H5BrClN3O3S. The zero-order valence-corrected chi connectivity index (χ0v) is 11.0. The fraction of sp³-hybridized carbons (Fsp3) is 0.143. The fourth-order valence-corrected chi connectivity index (χ4v) is 3.07. The maximum absolute atomic E-state index is 11.5. The van der Waals surface area contributed by atoms with Crippen molar-refractivity contribution in [2.24, 2.45) is 4.52 Å². The van der Waals surface area contributed by atoms with Gasteiger partial charge in [-0.05, 0) is 33.6 Å². The lowest BCUT2D eigenvalue weighted by atomic mass is 10.3. The molecule has 0 aliphatic heterocycles. The number of nitrogens with zero attached hydrogens (tertiary/aromatic N) is 3. The normalized spacial score (nSPS) is 10.7. The van der Waals surface area contributed by atoms with Crippen molar-refractivity contribution in [3.05, 3.63) is 32.1 Å². The van der Waals surface area contributed by atoms with E-state index in [1.54, 1.807) is 0 Å². The Morgan fingerprint density at radius 2 is 2.19 bits per heavy atom. The van der Waals surface area contributed by atoms with Gasteiger partial charge in [0.25, 0.3) is 10.0 Å². The summed E-state index contributed by atoms with van der Waals surface area (Å²) in [6, 6.07) is 2.62. The largest absolute Gasteiger partial charge is 0.494 e. The minimum Gasteiger partial charge on any atom is -0.494 e. The van der Waals surface area contributed by atoms with E-state index in [1.807, 2.05) is 0 Å². The second-order valence-corrected chi connectivity index (χ2v) is 5.41. The number of halogens is 2. The lowest BCUT2D eigenvalue weighted by Gasteiger charge is -2.08. The van der Waals surface area contributed by atoms with Gasteiger partial charge in [0.1, 0.15) is 4.90 Å². The van der Waals surface area contributed by atoms with E-state index < -0.39 is 10.0 Å². The number of hydrogen-bond donors (Lipinski definition) is 0. The molecule has 0 aliphatic rings. The van der Waals surface area contributed by atoms with E-state index in [9.17, 15) is 8.42 Å². The van der Waals surface area contributed by atoms with Gasteiger partial charge >= 0.3 is 0 Å². The summed E-state index contributed by atoms with van der Waals surface area (Å²) in [5.74, 6) is 0.0387. The van der Waals surface area contributed by atoms with Crippen LogP contribution in [0.15, 0.2) is 26.0 Å². The predicted molar refractivity (Wildman–Crippen MR) is 62.0 cm³/mol. The lowest BCUT2D eigenvalue weighted by Crippen LogP contribution is -2.00. The van der Waals surface area contributed by atoms with Gasteiger partial charge in [-0.1, -0.05) is 11.6 Å². The van der Waals surface area contributed by atoms with Gasteiger partial charge in [-0.2, -0.15) is 0 Å². The van der Waals surface area contributed by atoms with Gasteiger partial charge in [-0.25, -0.2) is 8.42 Å². The third kappa shape index (κ3) is 2.59. The van der Waals surface area contributed by atoms with Crippen molar-refractivity contribution in [2.45, 2.75) is 4.90 Å². The number of hydrogen-bond acceptors (Lipinski definition) is 3. The molecular weight excluding hydrogens is 322 g/mol. The summed E-state index contributed by atoms with van der Waals surface area (Å²) in [4.78, 5) is 1.96. The van der Waals surface area contributed by atoms with Crippen LogP contribution in [0, 0.1) is 0 Å². The highest BCUT2D eigenvalue weighted by molar-refractivity contribution is 9.10. The second kappa shape index (κ2) is 4.92. The molecule has 0 fully saturated rings. The molecule has 16 heavy (non-hydrogen) atoms. The van der Waals surface area contributed by atoms with E-state index in [0.717, 1.165) is 6.07 Å². The maximum Gasteiger partial charge on any atom is 0.268 e. The van der Waals surface area contributed by atoms with E-state index in [-0.39, 0.29) is 15.7 Å². The molecule has 9 heteroatoms. The molecule has 1 aromatic carbocycles. The Morgan fingerprint density at radius 1 is 1.56 bits per heavy atom. The van der Waals surface area contributed by atoms with Crippen molar-refractivity contribution >= 4 is 37.6 Å². The van der Waals surface area contributed by atoms with E-state index >= 15 is 0 Å². The molecule has 0 saturated carbocycles. The molecule has 1 rings (SSSR count). The Hall–Kier alpha value is -0.950. The van der Waals surface area contributed by atoms with Gasteiger partial charge in [-0.15, -0.1) is 0 Å². The number of sulfonamides is 1. The van der Waals surface area contributed by atoms with E-state index in [2.05, 4.69) is 25.4 Å². The maximum atomic E-state index is 11.5. The molecule has 86 valence electrons. The first kappa shape index (κ1) is 13.1. The number of methoxy groups -OCH3 is 1. The molecule has 0 N–H and O–H groups in total. The van der Waals surface area contributed by atoms with Crippen LogP contribution in [-0.2, 0) is 10.0 Å². The van der Waals surface area contributed by atoms with Crippen LogP contribution in [0.3, 0.4) is 0 Å². The monoisotopic (exact) mass is 325 g/mol. The predicted octanol–water partition coefficient (Wildman–Crippen LogP) is 3.11.